The molecule has 0 bridgehead atoms. The van der Waals surface area contributed by atoms with E-state index in [4.69, 9.17) is 4.74 Å². The van der Waals surface area contributed by atoms with Gasteiger partial charge in [-0.05, 0) is 10.8 Å². The molecule has 2 aromatic carbocycles. The Morgan fingerprint density at radius 1 is 1.07 bits per heavy atom. The highest BCUT2D eigenvalue weighted by atomic mass is 16.6. The molecular weight excluding hydrogens is 352 g/mol. The Bertz CT molecular complexity index is 1030. The summed E-state index contributed by atoms with van der Waals surface area (Å²) in [6.07, 6.45) is 4.46. The summed E-state index contributed by atoms with van der Waals surface area (Å²) in [4.78, 5) is 24.9. The Balaban J connectivity index is 1.32. The van der Waals surface area contributed by atoms with Crippen molar-refractivity contribution in [2.75, 3.05) is 26.7 Å². The van der Waals surface area contributed by atoms with Gasteiger partial charge in [0.15, 0.2) is 5.82 Å². The summed E-state index contributed by atoms with van der Waals surface area (Å²) in [5.41, 5.74) is 1.76. The van der Waals surface area contributed by atoms with Crippen molar-refractivity contribution in [3.63, 3.8) is 0 Å². The topological polar surface area (TPSA) is 58.6 Å². The zero-order valence-electron chi connectivity index (χ0n) is 15.8. The molecule has 2 aliphatic rings. The molecule has 142 valence electrons. The third-order valence-corrected chi connectivity index (χ3v) is 5.68. The number of carbonyl (C=O) groups is 1. The van der Waals surface area contributed by atoms with Gasteiger partial charge in [-0.1, -0.05) is 42.5 Å². The van der Waals surface area contributed by atoms with Crippen molar-refractivity contribution in [2.24, 2.45) is 0 Å². The molecule has 0 N–H and O–H groups in total. The first kappa shape index (κ1) is 17.1. The molecule has 1 amide bonds. The van der Waals surface area contributed by atoms with E-state index in [9.17, 15) is 4.79 Å². The molecule has 0 unspecified atom stereocenters. The van der Waals surface area contributed by atoms with E-state index in [2.05, 4.69) is 39.1 Å². The van der Waals surface area contributed by atoms with Crippen LogP contribution in [0.15, 0.2) is 54.9 Å². The normalized spacial score (nSPS) is 22.3. The average Bonchev–Trinajstić information content (AvgIpc) is 3.23. The van der Waals surface area contributed by atoms with Crippen LogP contribution in [0, 0.1) is 0 Å². The molecule has 3 aromatic rings. The van der Waals surface area contributed by atoms with E-state index in [1.165, 1.54) is 5.39 Å². The predicted molar refractivity (Wildman–Crippen MR) is 107 cm³/mol. The number of likely N-dealkylation sites (tertiary alicyclic amines) is 1. The van der Waals surface area contributed by atoms with Gasteiger partial charge in [-0.25, -0.2) is 14.8 Å². The van der Waals surface area contributed by atoms with Gasteiger partial charge in [0.2, 0.25) is 0 Å². The van der Waals surface area contributed by atoms with Crippen molar-refractivity contribution >= 4 is 16.9 Å². The van der Waals surface area contributed by atoms with E-state index in [0.717, 1.165) is 48.4 Å². The molecule has 0 radical (unpaired) electrons. The number of likely N-dealkylation sites (N-methyl/N-ethyl adjacent to an activating group) is 1. The predicted octanol–water partition coefficient (Wildman–Crippen LogP) is 3.32. The van der Waals surface area contributed by atoms with Crippen LogP contribution in [0.4, 0.5) is 4.79 Å². The lowest BCUT2D eigenvalue weighted by Gasteiger charge is -2.21. The second-order valence-corrected chi connectivity index (χ2v) is 7.81. The summed E-state index contributed by atoms with van der Waals surface area (Å²) in [5.74, 6) is 0.741. The molecule has 2 aliphatic heterocycles. The van der Waals surface area contributed by atoms with Gasteiger partial charge in [-0.3, -0.25) is 4.90 Å². The van der Waals surface area contributed by atoms with Gasteiger partial charge in [0.25, 0.3) is 0 Å². The monoisotopic (exact) mass is 374 g/mol. The molecular formula is C22H22N4O2. The minimum absolute atomic E-state index is 0.218. The Morgan fingerprint density at radius 3 is 2.64 bits per heavy atom. The zero-order chi connectivity index (χ0) is 19.1. The second kappa shape index (κ2) is 6.56. The summed E-state index contributed by atoms with van der Waals surface area (Å²) in [6, 6.07) is 14.5. The minimum atomic E-state index is -0.352. The maximum Gasteiger partial charge on any atom is 0.410 e. The molecule has 0 saturated carbocycles. The van der Waals surface area contributed by atoms with Crippen molar-refractivity contribution in [3.8, 4) is 11.4 Å². The van der Waals surface area contributed by atoms with Crippen LogP contribution in [-0.2, 0) is 11.3 Å². The molecule has 2 saturated heterocycles. The van der Waals surface area contributed by atoms with Crippen LogP contribution in [-0.4, -0.2) is 58.1 Å². The Labute approximate surface area is 163 Å². The Hall–Kier alpha value is -2.99. The maximum atomic E-state index is 11.7. The third kappa shape index (κ3) is 2.99. The standard InChI is InChI=1S/C22H22N4O2/c1-25-14-22(28-21(25)27)9-10-26(15-22)13-16-11-23-20(24-12-16)19-8-4-6-17-5-2-3-7-18(17)19/h2-8,11-12H,9-10,13-15H2,1H3/t22-/m0/s1. The van der Waals surface area contributed by atoms with Crippen molar-refractivity contribution in [3.05, 3.63) is 60.4 Å². The summed E-state index contributed by atoms with van der Waals surface area (Å²) >= 11 is 0. The number of hydrogen-bond donors (Lipinski definition) is 0. The van der Waals surface area contributed by atoms with Crippen LogP contribution in [0.3, 0.4) is 0 Å². The highest BCUT2D eigenvalue weighted by Crippen LogP contribution is 2.32. The van der Waals surface area contributed by atoms with Gasteiger partial charge < -0.3 is 9.64 Å². The largest absolute Gasteiger partial charge is 0.439 e. The third-order valence-electron chi connectivity index (χ3n) is 5.68. The van der Waals surface area contributed by atoms with Crippen molar-refractivity contribution in [1.29, 1.82) is 0 Å². The van der Waals surface area contributed by atoms with Crippen LogP contribution in [0.5, 0.6) is 0 Å². The molecule has 6 nitrogen and oxygen atoms in total. The first-order valence-electron chi connectivity index (χ1n) is 9.57. The molecule has 3 heterocycles. The molecule has 2 fully saturated rings. The quantitative estimate of drug-likeness (QED) is 0.704. The first-order chi connectivity index (χ1) is 13.6. The van der Waals surface area contributed by atoms with Crippen LogP contribution in [0.1, 0.15) is 12.0 Å². The lowest BCUT2D eigenvalue weighted by Crippen LogP contribution is -2.37. The van der Waals surface area contributed by atoms with Gasteiger partial charge in [0.05, 0.1) is 6.54 Å². The average molecular weight is 374 g/mol. The number of amides is 1. The summed E-state index contributed by atoms with van der Waals surface area (Å²) < 4.78 is 5.62. The van der Waals surface area contributed by atoms with Gasteiger partial charge in [0.1, 0.15) is 5.60 Å². The second-order valence-electron chi connectivity index (χ2n) is 7.81. The number of hydrogen-bond acceptors (Lipinski definition) is 5. The fourth-order valence-electron chi connectivity index (χ4n) is 4.32. The molecule has 1 aromatic heterocycles. The Kier molecular flexibility index (Phi) is 4.02. The van der Waals surface area contributed by atoms with Gasteiger partial charge in [0, 0.05) is 56.6 Å². The van der Waals surface area contributed by atoms with Crippen molar-refractivity contribution in [2.45, 2.75) is 18.6 Å². The maximum absolute atomic E-state index is 11.7. The number of nitrogens with zero attached hydrogens (tertiary/aromatic N) is 4. The minimum Gasteiger partial charge on any atom is -0.439 e. The lowest BCUT2D eigenvalue weighted by molar-refractivity contribution is 0.0627. The molecule has 1 atom stereocenters. The van der Waals surface area contributed by atoms with E-state index in [-0.39, 0.29) is 11.7 Å². The highest BCUT2D eigenvalue weighted by Gasteiger charge is 2.48. The highest BCUT2D eigenvalue weighted by molar-refractivity contribution is 5.94. The number of aromatic nitrogens is 2. The summed E-state index contributed by atoms with van der Waals surface area (Å²) in [6.45, 7) is 3.10. The zero-order valence-corrected chi connectivity index (χ0v) is 15.8. The smallest absolute Gasteiger partial charge is 0.410 e. The fourth-order valence-corrected chi connectivity index (χ4v) is 4.32. The Morgan fingerprint density at radius 2 is 1.86 bits per heavy atom. The number of rotatable bonds is 3. The molecule has 5 rings (SSSR count). The van der Waals surface area contributed by atoms with Gasteiger partial charge in [-0.15, -0.1) is 0 Å². The van der Waals surface area contributed by atoms with E-state index >= 15 is 0 Å². The molecule has 28 heavy (non-hydrogen) atoms. The molecule has 0 aliphatic carbocycles. The van der Waals surface area contributed by atoms with Crippen LogP contribution in [0.2, 0.25) is 0 Å². The fraction of sp³-hybridized carbons (Fsp3) is 0.318. The van der Waals surface area contributed by atoms with Gasteiger partial charge in [-0.2, -0.15) is 0 Å². The number of ether oxygens (including phenoxy) is 1. The van der Waals surface area contributed by atoms with E-state index in [1.54, 1.807) is 11.9 Å². The van der Waals surface area contributed by atoms with E-state index < -0.39 is 0 Å². The SMILES string of the molecule is CN1C[C@]2(CCN(Cc3cnc(-c4cccc5ccccc45)nc3)C2)OC1=O. The van der Waals surface area contributed by atoms with Crippen LogP contribution >= 0.6 is 0 Å². The van der Waals surface area contributed by atoms with Crippen LogP contribution < -0.4 is 0 Å². The lowest BCUT2D eigenvalue weighted by atomic mass is 10.0. The van der Waals surface area contributed by atoms with Crippen LogP contribution in [0.25, 0.3) is 22.2 Å². The van der Waals surface area contributed by atoms with E-state index in [0.29, 0.717) is 6.54 Å². The number of fused-ring (bicyclic) bond motifs is 1. The first-order valence-corrected chi connectivity index (χ1v) is 9.57. The van der Waals surface area contributed by atoms with E-state index in [1.807, 2.05) is 30.6 Å². The summed E-state index contributed by atoms with van der Waals surface area (Å²) in [5, 5.41) is 2.34. The summed E-state index contributed by atoms with van der Waals surface area (Å²) in [7, 11) is 1.79. The van der Waals surface area contributed by atoms with Crippen molar-refractivity contribution in [1.82, 2.24) is 19.8 Å². The van der Waals surface area contributed by atoms with Gasteiger partial charge >= 0.3 is 6.09 Å². The molecule has 1 spiro atoms. The number of carbonyl (C=O) groups excluding carboxylic acids is 1. The molecule has 6 heteroatoms. The van der Waals surface area contributed by atoms with Crippen molar-refractivity contribution < 1.29 is 9.53 Å². The number of benzene rings is 2.